The molecule has 0 radical (unpaired) electrons. The lowest BCUT2D eigenvalue weighted by atomic mass is 9.96. The predicted molar refractivity (Wildman–Crippen MR) is 155 cm³/mol. The van der Waals surface area contributed by atoms with Crippen LogP contribution < -0.4 is 4.90 Å². The van der Waals surface area contributed by atoms with Gasteiger partial charge in [-0.15, -0.1) is 0 Å². The first-order valence-corrected chi connectivity index (χ1v) is 12.6. The van der Waals surface area contributed by atoms with Gasteiger partial charge in [-0.1, -0.05) is 91.0 Å². The van der Waals surface area contributed by atoms with E-state index in [1.165, 1.54) is 50.0 Å². The molecule has 0 fully saturated rings. The average molecular weight is 467 g/mol. The molecule has 1 aromatic heterocycles. The Bertz CT molecular complexity index is 1650. The van der Waals surface area contributed by atoms with Crippen LogP contribution in [0.4, 0.5) is 11.4 Å². The minimum Gasteiger partial charge on any atom is -0.335 e. The molecule has 0 aliphatic heterocycles. The molecule has 36 heavy (non-hydrogen) atoms. The number of rotatable bonds is 4. The molecule has 0 saturated heterocycles. The Morgan fingerprint density at radius 1 is 0.528 bits per heavy atom. The molecule has 0 aliphatic carbocycles. The van der Waals surface area contributed by atoms with Crippen LogP contribution in [0, 0.1) is 0 Å². The molecule has 0 atom stereocenters. The third-order valence-electron chi connectivity index (χ3n) is 6.83. The lowest BCUT2D eigenvalue weighted by Gasteiger charge is -2.39. The van der Waals surface area contributed by atoms with Crippen LogP contribution in [0.1, 0.15) is 20.8 Å². The average Bonchev–Trinajstić information content (AvgIpc) is 3.24. The zero-order chi connectivity index (χ0) is 24.7. The van der Waals surface area contributed by atoms with E-state index in [9.17, 15) is 0 Å². The second-order valence-electron chi connectivity index (χ2n) is 10.2. The number of aromatic nitrogens is 1. The van der Waals surface area contributed by atoms with Gasteiger partial charge in [-0.05, 0) is 62.7 Å². The highest BCUT2D eigenvalue weighted by molar-refractivity contribution is 6.16. The highest BCUT2D eigenvalue weighted by Crippen LogP contribution is 2.45. The Morgan fingerprint density at radius 3 is 1.86 bits per heavy atom. The fraction of sp³-hybridized carbons (Fsp3) is 0.118. The number of hydrogen-bond donors (Lipinski definition) is 0. The monoisotopic (exact) mass is 466 g/mol. The SMILES string of the molecule is CC(C)(C)N(c1ccccc1-c1ccccc1)c1cccc2c1c1ccccc1n2-c1ccccc1. The second kappa shape index (κ2) is 8.73. The van der Waals surface area contributed by atoms with Crippen molar-refractivity contribution in [3.8, 4) is 16.8 Å². The second-order valence-corrected chi connectivity index (χ2v) is 10.2. The van der Waals surface area contributed by atoms with E-state index in [1.54, 1.807) is 0 Å². The van der Waals surface area contributed by atoms with E-state index >= 15 is 0 Å². The van der Waals surface area contributed by atoms with Crippen molar-refractivity contribution in [1.29, 1.82) is 0 Å². The maximum atomic E-state index is 2.51. The summed E-state index contributed by atoms with van der Waals surface area (Å²) >= 11 is 0. The van der Waals surface area contributed by atoms with Crippen molar-refractivity contribution in [2.45, 2.75) is 26.3 Å². The van der Waals surface area contributed by atoms with Crippen LogP contribution in [-0.4, -0.2) is 10.1 Å². The van der Waals surface area contributed by atoms with Gasteiger partial charge in [0.25, 0.3) is 0 Å². The number of fused-ring (bicyclic) bond motifs is 3. The Kier molecular flexibility index (Phi) is 5.38. The van der Waals surface area contributed by atoms with Gasteiger partial charge >= 0.3 is 0 Å². The molecule has 2 heteroatoms. The molecule has 0 saturated carbocycles. The van der Waals surface area contributed by atoms with Crippen LogP contribution in [0.5, 0.6) is 0 Å². The molecule has 5 aromatic carbocycles. The highest BCUT2D eigenvalue weighted by atomic mass is 15.2. The van der Waals surface area contributed by atoms with Crippen LogP contribution in [0.3, 0.4) is 0 Å². The summed E-state index contributed by atoms with van der Waals surface area (Å²) in [4.78, 5) is 2.51. The minimum absolute atomic E-state index is 0.158. The predicted octanol–water partition coefficient (Wildman–Crippen LogP) is 9.39. The van der Waals surface area contributed by atoms with Gasteiger partial charge < -0.3 is 9.47 Å². The molecule has 0 unspecified atom stereocenters. The van der Waals surface area contributed by atoms with Gasteiger partial charge in [0.15, 0.2) is 0 Å². The van der Waals surface area contributed by atoms with Gasteiger partial charge in [0.05, 0.1) is 16.7 Å². The quantitative estimate of drug-likeness (QED) is 0.251. The van der Waals surface area contributed by atoms with Crippen LogP contribution in [0.2, 0.25) is 0 Å². The van der Waals surface area contributed by atoms with E-state index in [1.807, 2.05) is 0 Å². The topological polar surface area (TPSA) is 8.17 Å². The van der Waals surface area contributed by atoms with E-state index in [2.05, 4.69) is 158 Å². The Hall–Kier alpha value is -4.30. The number of benzene rings is 5. The molecule has 6 aromatic rings. The summed E-state index contributed by atoms with van der Waals surface area (Å²) in [5, 5.41) is 2.54. The lowest BCUT2D eigenvalue weighted by Crippen LogP contribution is -2.38. The Balaban J connectivity index is 1.69. The summed E-state index contributed by atoms with van der Waals surface area (Å²) in [5.74, 6) is 0. The third kappa shape index (κ3) is 3.67. The van der Waals surface area contributed by atoms with E-state index in [-0.39, 0.29) is 5.54 Å². The molecule has 1 heterocycles. The van der Waals surface area contributed by atoms with E-state index < -0.39 is 0 Å². The summed E-state index contributed by atoms with van der Waals surface area (Å²) in [7, 11) is 0. The highest BCUT2D eigenvalue weighted by Gasteiger charge is 2.28. The van der Waals surface area contributed by atoms with Crippen LogP contribution in [0.15, 0.2) is 127 Å². The van der Waals surface area contributed by atoms with Crippen molar-refractivity contribution >= 4 is 33.2 Å². The van der Waals surface area contributed by atoms with Crippen molar-refractivity contribution in [2.24, 2.45) is 0 Å². The summed E-state index contributed by atoms with van der Waals surface area (Å²) in [5.41, 5.74) is 8.33. The summed E-state index contributed by atoms with van der Waals surface area (Å²) in [6, 6.07) is 45.6. The first kappa shape index (κ1) is 22.2. The number of para-hydroxylation sites is 3. The van der Waals surface area contributed by atoms with Crippen LogP contribution >= 0.6 is 0 Å². The van der Waals surface area contributed by atoms with Crippen molar-refractivity contribution < 1.29 is 0 Å². The van der Waals surface area contributed by atoms with E-state index in [4.69, 9.17) is 0 Å². The third-order valence-corrected chi connectivity index (χ3v) is 6.83. The standard InChI is InChI=1S/C34H30N2/c1-34(2,3)36(30-22-13-10-19-27(30)25-15-6-4-7-16-25)32-24-14-23-31-33(32)28-20-11-12-21-29(28)35(31)26-17-8-5-9-18-26/h4-24H,1-3H3. The van der Waals surface area contributed by atoms with Gasteiger partial charge in [0.1, 0.15) is 0 Å². The summed E-state index contributed by atoms with van der Waals surface area (Å²) in [6.45, 7) is 6.89. The first-order chi connectivity index (χ1) is 17.5. The number of anilines is 2. The van der Waals surface area contributed by atoms with Crippen molar-refractivity contribution in [3.63, 3.8) is 0 Å². The van der Waals surface area contributed by atoms with Gasteiger partial charge in [0, 0.05) is 33.2 Å². The fourth-order valence-corrected chi connectivity index (χ4v) is 5.42. The van der Waals surface area contributed by atoms with Crippen LogP contribution in [-0.2, 0) is 0 Å². The molecule has 0 spiro atoms. The van der Waals surface area contributed by atoms with E-state index in [0.717, 1.165) is 0 Å². The van der Waals surface area contributed by atoms with Gasteiger partial charge in [-0.2, -0.15) is 0 Å². The normalized spacial score (nSPS) is 11.8. The van der Waals surface area contributed by atoms with Crippen molar-refractivity contribution in [1.82, 2.24) is 4.57 Å². The van der Waals surface area contributed by atoms with E-state index in [0.29, 0.717) is 0 Å². The number of hydrogen-bond acceptors (Lipinski definition) is 1. The molecule has 0 bridgehead atoms. The summed E-state index contributed by atoms with van der Waals surface area (Å²) < 4.78 is 2.39. The zero-order valence-electron chi connectivity index (χ0n) is 21.0. The largest absolute Gasteiger partial charge is 0.335 e. The molecule has 0 amide bonds. The molecule has 6 rings (SSSR count). The molecule has 0 N–H and O–H groups in total. The molecular formula is C34H30N2. The fourth-order valence-electron chi connectivity index (χ4n) is 5.42. The smallest absolute Gasteiger partial charge is 0.0562 e. The molecular weight excluding hydrogens is 436 g/mol. The Morgan fingerprint density at radius 2 is 1.11 bits per heavy atom. The van der Waals surface area contributed by atoms with Gasteiger partial charge in [-0.3, -0.25) is 0 Å². The molecule has 2 nitrogen and oxygen atoms in total. The van der Waals surface area contributed by atoms with Crippen molar-refractivity contribution in [3.05, 3.63) is 127 Å². The van der Waals surface area contributed by atoms with Crippen molar-refractivity contribution in [2.75, 3.05) is 4.90 Å². The summed E-state index contributed by atoms with van der Waals surface area (Å²) in [6.07, 6.45) is 0. The molecule has 0 aliphatic rings. The molecule has 176 valence electrons. The maximum Gasteiger partial charge on any atom is 0.0562 e. The zero-order valence-corrected chi connectivity index (χ0v) is 21.0. The van der Waals surface area contributed by atoms with Crippen LogP contribution in [0.25, 0.3) is 38.6 Å². The minimum atomic E-state index is -0.158. The Labute approximate surface area is 213 Å². The lowest BCUT2D eigenvalue weighted by molar-refractivity contribution is 0.562. The first-order valence-electron chi connectivity index (χ1n) is 12.6. The van der Waals surface area contributed by atoms with Gasteiger partial charge in [-0.25, -0.2) is 0 Å². The maximum absolute atomic E-state index is 2.51. The number of nitrogens with zero attached hydrogens (tertiary/aromatic N) is 2. The van der Waals surface area contributed by atoms with Gasteiger partial charge in [0.2, 0.25) is 0 Å².